The van der Waals surface area contributed by atoms with Crippen molar-refractivity contribution in [2.75, 3.05) is 6.54 Å². The number of amides is 4. The number of nitrogens with two attached hydrogens (primary N) is 1. The van der Waals surface area contributed by atoms with Gasteiger partial charge < -0.3 is 26.4 Å². The van der Waals surface area contributed by atoms with Crippen LogP contribution in [0.3, 0.4) is 0 Å². The molecule has 0 aromatic heterocycles. The molecule has 35 heavy (non-hydrogen) atoms. The van der Waals surface area contributed by atoms with Crippen molar-refractivity contribution in [3.05, 3.63) is 60.2 Å². The number of carbonyl (C=O) groups is 4. The third-order valence-corrected chi connectivity index (χ3v) is 6.03. The fraction of sp³-hybridized carbons (Fsp3) is 0.385. The molecule has 1 heterocycles. The molecule has 2 aromatic rings. The van der Waals surface area contributed by atoms with Crippen molar-refractivity contribution in [3.63, 3.8) is 0 Å². The summed E-state index contributed by atoms with van der Waals surface area (Å²) in [5, 5.41) is 15.4. The fourth-order valence-corrected chi connectivity index (χ4v) is 4.33. The van der Waals surface area contributed by atoms with E-state index in [4.69, 9.17) is 5.73 Å². The molecule has 3 atom stereocenters. The van der Waals surface area contributed by atoms with Gasteiger partial charge in [-0.2, -0.15) is 0 Å². The van der Waals surface area contributed by atoms with E-state index in [0.29, 0.717) is 0 Å². The SMILES string of the molecule is CC(=O)NC(C)(C)C(=O)N1C[C@H](O)C[C@H]1C(=O)N[C@H](Cc1ccc(-c2ccccc2)cc1)C(N)=O. The van der Waals surface area contributed by atoms with Crippen LogP contribution in [0.15, 0.2) is 54.6 Å². The van der Waals surface area contributed by atoms with Crippen molar-refractivity contribution in [3.8, 4) is 11.1 Å². The molecule has 186 valence electrons. The number of carbonyl (C=O) groups excluding carboxylic acids is 4. The second-order valence-corrected chi connectivity index (χ2v) is 9.40. The van der Waals surface area contributed by atoms with E-state index in [9.17, 15) is 24.3 Å². The lowest BCUT2D eigenvalue weighted by molar-refractivity contribution is -0.145. The van der Waals surface area contributed by atoms with Gasteiger partial charge in [-0.1, -0.05) is 54.6 Å². The Kier molecular flexibility index (Phi) is 7.91. The van der Waals surface area contributed by atoms with Gasteiger partial charge in [0.05, 0.1) is 6.10 Å². The van der Waals surface area contributed by atoms with E-state index in [0.717, 1.165) is 16.7 Å². The van der Waals surface area contributed by atoms with E-state index in [1.54, 1.807) is 0 Å². The van der Waals surface area contributed by atoms with E-state index in [2.05, 4.69) is 10.6 Å². The summed E-state index contributed by atoms with van der Waals surface area (Å²) < 4.78 is 0. The van der Waals surface area contributed by atoms with Crippen LogP contribution in [0, 0.1) is 0 Å². The molecular weight excluding hydrogens is 448 g/mol. The van der Waals surface area contributed by atoms with E-state index in [1.165, 1.54) is 25.7 Å². The van der Waals surface area contributed by atoms with Crippen LogP contribution in [0.1, 0.15) is 32.8 Å². The highest BCUT2D eigenvalue weighted by molar-refractivity contribution is 5.96. The smallest absolute Gasteiger partial charge is 0.248 e. The van der Waals surface area contributed by atoms with Crippen LogP contribution >= 0.6 is 0 Å². The van der Waals surface area contributed by atoms with Crippen LogP contribution in [0.5, 0.6) is 0 Å². The second kappa shape index (κ2) is 10.7. The van der Waals surface area contributed by atoms with Gasteiger partial charge in [0.2, 0.25) is 23.6 Å². The number of primary amides is 1. The number of nitrogens with zero attached hydrogens (tertiary/aromatic N) is 1. The monoisotopic (exact) mass is 480 g/mol. The molecule has 0 bridgehead atoms. The first kappa shape index (κ1) is 25.9. The average molecular weight is 481 g/mol. The Morgan fingerprint density at radius 2 is 1.66 bits per heavy atom. The summed E-state index contributed by atoms with van der Waals surface area (Å²) in [7, 11) is 0. The standard InChI is InChI=1S/C26H32N4O5/c1-16(31)29-26(2,3)25(35)30-15-20(32)14-22(30)24(34)28-21(23(27)33)13-17-9-11-19(12-10-17)18-7-5-4-6-8-18/h4-12,20-22,32H,13-15H2,1-3H3,(H2,27,33)(H,28,34)(H,29,31)/t20-,21-,22+/m1/s1. The Balaban J connectivity index is 1.71. The van der Waals surface area contributed by atoms with Crippen molar-refractivity contribution in [2.45, 2.75) is 57.3 Å². The van der Waals surface area contributed by atoms with Crippen LogP contribution in [-0.4, -0.2) is 63.9 Å². The van der Waals surface area contributed by atoms with Crippen molar-refractivity contribution < 1.29 is 24.3 Å². The minimum absolute atomic E-state index is 0.0188. The van der Waals surface area contributed by atoms with Crippen molar-refractivity contribution >= 4 is 23.6 Å². The van der Waals surface area contributed by atoms with Crippen LogP contribution in [0.2, 0.25) is 0 Å². The molecule has 0 aliphatic carbocycles. The lowest BCUT2D eigenvalue weighted by Gasteiger charge is -2.33. The number of nitrogens with one attached hydrogen (secondary N) is 2. The Bertz CT molecular complexity index is 1080. The molecule has 0 radical (unpaired) electrons. The first-order valence-corrected chi connectivity index (χ1v) is 11.5. The maximum atomic E-state index is 13.1. The molecular formula is C26H32N4O5. The zero-order chi connectivity index (χ0) is 25.8. The van der Waals surface area contributed by atoms with Gasteiger partial charge in [-0.3, -0.25) is 19.2 Å². The lowest BCUT2D eigenvalue weighted by Crippen LogP contribution is -2.59. The highest BCUT2D eigenvalue weighted by atomic mass is 16.3. The number of aliphatic hydroxyl groups excluding tert-OH is 1. The van der Waals surface area contributed by atoms with Crippen molar-refractivity contribution in [2.24, 2.45) is 5.73 Å². The number of β-amino-alcohol motifs (C(OH)–C–C–N with tert-alkyl or cyclic N) is 1. The fourth-order valence-electron chi connectivity index (χ4n) is 4.33. The van der Waals surface area contributed by atoms with Gasteiger partial charge in [0.25, 0.3) is 0 Å². The zero-order valence-corrected chi connectivity index (χ0v) is 20.2. The Labute approximate surface area is 204 Å². The molecule has 1 saturated heterocycles. The van der Waals surface area contributed by atoms with E-state index in [-0.39, 0.29) is 19.4 Å². The third-order valence-electron chi connectivity index (χ3n) is 6.03. The highest BCUT2D eigenvalue weighted by Crippen LogP contribution is 2.23. The van der Waals surface area contributed by atoms with Gasteiger partial charge in [-0.25, -0.2) is 0 Å². The van der Waals surface area contributed by atoms with E-state index < -0.39 is 47.4 Å². The van der Waals surface area contributed by atoms with Gasteiger partial charge >= 0.3 is 0 Å². The molecule has 9 heteroatoms. The molecule has 2 aromatic carbocycles. The lowest BCUT2D eigenvalue weighted by atomic mass is 10.00. The topological polar surface area (TPSA) is 142 Å². The zero-order valence-electron chi connectivity index (χ0n) is 20.2. The minimum atomic E-state index is -1.27. The highest BCUT2D eigenvalue weighted by Gasteiger charge is 2.44. The Morgan fingerprint density at radius 1 is 1.06 bits per heavy atom. The normalized spacial score (nSPS) is 18.6. The summed E-state index contributed by atoms with van der Waals surface area (Å²) in [5.74, 6) is -2.19. The molecule has 1 aliphatic rings. The number of hydrogen-bond donors (Lipinski definition) is 4. The molecule has 3 rings (SSSR count). The second-order valence-electron chi connectivity index (χ2n) is 9.40. The molecule has 1 aliphatic heterocycles. The first-order chi connectivity index (χ1) is 16.5. The summed E-state index contributed by atoms with van der Waals surface area (Å²) in [6.07, 6.45) is -0.706. The predicted molar refractivity (Wildman–Crippen MR) is 131 cm³/mol. The minimum Gasteiger partial charge on any atom is -0.391 e. The number of rotatable bonds is 8. The molecule has 0 spiro atoms. The quantitative estimate of drug-likeness (QED) is 0.441. The van der Waals surface area contributed by atoms with Gasteiger partial charge in [-0.05, 0) is 30.5 Å². The summed E-state index contributed by atoms with van der Waals surface area (Å²) in [6, 6.07) is 15.5. The predicted octanol–water partition coefficient (Wildman–Crippen LogP) is 0.743. The van der Waals surface area contributed by atoms with E-state index in [1.807, 2.05) is 54.6 Å². The number of hydrogen-bond acceptors (Lipinski definition) is 5. The molecule has 5 N–H and O–H groups in total. The van der Waals surface area contributed by atoms with Crippen molar-refractivity contribution in [1.82, 2.24) is 15.5 Å². The summed E-state index contributed by atoms with van der Waals surface area (Å²) in [6.45, 7) is 4.30. The van der Waals surface area contributed by atoms with Crippen LogP contribution in [0.4, 0.5) is 0 Å². The van der Waals surface area contributed by atoms with Crippen LogP contribution in [-0.2, 0) is 25.6 Å². The molecule has 4 amide bonds. The maximum Gasteiger partial charge on any atom is 0.248 e. The number of aliphatic hydroxyl groups is 1. The molecule has 9 nitrogen and oxygen atoms in total. The average Bonchev–Trinajstić information content (AvgIpc) is 3.19. The number of likely N-dealkylation sites (tertiary alicyclic amines) is 1. The molecule has 1 fully saturated rings. The largest absolute Gasteiger partial charge is 0.391 e. The van der Waals surface area contributed by atoms with Gasteiger partial charge in [0.1, 0.15) is 17.6 Å². The molecule has 0 saturated carbocycles. The van der Waals surface area contributed by atoms with Crippen LogP contribution in [0.25, 0.3) is 11.1 Å². The van der Waals surface area contributed by atoms with Gasteiger partial charge in [0, 0.05) is 26.3 Å². The van der Waals surface area contributed by atoms with Gasteiger partial charge in [0.15, 0.2) is 0 Å². The van der Waals surface area contributed by atoms with Crippen LogP contribution < -0.4 is 16.4 Å². The Morgan fingerprint density at radius 3 is 2.23 bits per heavy atom. The van der Waals surface area contributed by atoms with E-state index >= 15 is 0 Å². The van der Waals surface area contributed by atoms with Gasteiger partial charge in [-0.15, -0.1) is 0 Å². The number of benzene rings is 2. The maximum absolute atomic E-state index is 13.1. The molecule has 0 unspecified atom stereocenters. The third kappa shape index (κ3) is 6.45. The Hall–Kier alpha value is -3.72. The summed E-state index contributed by atoms with van der Waals surface area (Å²) in [5.41, 5.74) is 7.19. The van der Waals surface area contributed by atoms with Crippen molar-refractivity contribution in [1.29, 1.82) is 0 Å². The first-order valence-electron chi connectivity index (χ1n) is 11.5. The summed E-state index contributed by atoms with van der Waals surface area (Å²) in [4.78, 5) is 51.0. The summed E-state index contributed by atoms with van der Waals surface area (Å²) >= 11 is 0.